The molecule has 146 valence electrons. The number of anilines is 2. The highest BCUT2D eigenvalue weighted by Gasteiger charge is 2.34. The number of ether oxygens (including phenoxy) is 3. The van der Waals surface area contributed by atoms with Gasteiger partial charge in [0, 0.05) is 13.1 Å². The summed E-state index contributed by atoms with van der Waals surface area (Å²) in [6.45, 7) is 5.70. The molecule has 3 rings (SSSR count). The summed E-state index contributed by atoms with van der Waals surface area (Å²) in [6, 6.07) is 5.15. The molecule has 1 N–H and O–H groups in total. The summed E-state index contributed by atoms with van der Waals surface area (Å²) >= 11 is 0. The number of carbonyl (C=O) groups is 3. The van der Waals surface area contributed by atoms with Crippen LogP contribution in [0.25, 0.3) is 0 Å². The van der Waals surface area contributed by atoms with Gasteiger partial charge in [-0.15, -0.1) is 0 Å². The van der Waals surface area contributed by atoms with Crippen molar-refractivity contribution in [3.63, 3.8) is 0 Å². The van der Waals surface area contributed by atoms with E-state index >= 15 is 0 Å². The number of rotatable bonds is 3. The number of carbonyl (C=O) groups excluding carboxylic acids is 3. The third-order valence-corrected chi connectivity index (χ3v) is 4.09. The van der Waals surface area contributed by atoms with Gasteiger partial charge in [-0.25, -0.2) is 9.59 Å². The van der Waals surface area contributed by atoms with Crippen molar-refractivity contribution in [1.82, 2.24) is 5.32 Å². The lowest BCUT2D eigenvalue weighted by atomic mass is 10.2. The molecule has 1 aromatic carbocycles. The zero-order valence-corrected chi connectivity index (χ0v) is 15.8. The van der Waals surface area contributed by atoms with Crippen molar-refractivity contribution >= 4 is 29.5 Å². The summed E-state index contributed by atoms with van der Waals surface area (Å²) in [6.07, 6.45) is -1.57. The first-order chi connectivity index (χ1) is 12.6. The van der Waals surface area contributed by atoms with Crippen LogP contribution in [-0.4, -0.2) is 56.5 Å². The summed E-state index contributed by atoms with van der Waals surface area (Å²) < 4.78 is 15.9. The average molecular weight is 377 g/mol. The molecule has 1 aromatic rings. The number of nitrogens with one attached hydrogen (secondary N) is 1. The average Bonchev–Trinajstić information content (AvgIpc) is 2.95. The number of nitrogens with zero attached hydrogens (tertiary/aromatic N) is 2. The Balaban J connectivity index is 1.63. The second-order valence-corrected chi connectivity index (χ2v) is 7.39. The molecule has 2 aliphatic rings. The fraction of sp³-hybridized carbons (Fsp3) is 0.500. The minimum Gasteiger partial charge on any atom is -0.481 e. The van der Waals surface area contributed by atoms with Gasteiger partial charge in [0.05, 0.1) is 24.5 Å². The molecule has 27 heavy (non-hydrogen) atoms. The molecule has 1 fully saturated rings. The number of hydrogen-bond donors (Lipinski definition) is 1. The Kier molecular flexibility index (Phi) is 4.86. The highest BCUT2D eigenvalue weighted by atomic mass is 16.6. The number of benzene rings is 1. The van der Waals surface area contributed by atoms with Gasteiger partial charge >= 0.3 is 12.2 Å². The maximum absolute atomic E-state index is 12.2. The van der Waals surface area contributed by atoms with Gasteiger partial charge in [0.1, 0.15) is 17.5 Å². The van der Waals surface area contributed by atoms with Crippen molar-refractivity contribution in [3.8, 4) is 5.75 Å². The van der Waals surface area contributed by atoms with Crippen molar-refractivity contribution in [1.29, 1.82) is 0 Å². The maximum Gasteiger partial charge on any atom is 0.414 e. The molecule has 0 radical (unpaired) electrons. The fourth-order valence-corrected chi connectivity index (χ4v) is 2.78. The lowest BCUT2D eigenvalue weighted by Gasteiger charge is -2.27. The van der Waals surface area contributed by atoms with E-state index in [0.717, 1.165) is 0 Å². The van der Waals surface area contributed by atoms with E-state index in [9.17, 15) is 14.4 Å². The number of hydrogen-bond acceptors (Lipinski definition) is 6. The largest absolute Gasteiger partial charge is 0.481 e. The smallest absolute Gasteiger partial charge is 0.414 e. The van der Waals surface area contributed by atoms with Crippen molar-refractivity contribution in [3.05, 3.63) is 18.2 Å². The molecule has 2 heterocycles. The van der Waals surface area contributed by atoms with Crippen LogP contribution in [-0.2, 0) is 14.3 Å². The molecule has 0 bridgehead atoms. The van der Waals surface area contributed by atoms with Crippen LogP contribution in [0.2, 0.25) is 0 Å². The Morgan fingerprint density at radius 3 is 2.78 bits per heavy atom. The van der Waals surface area contributed by atoms with E-state index in [-0.39, 0.29) is 25.6 Å². The molecule has 3 amide bonds. The van der Waals surface area contributed by atoms with Crippen LogP contribution in [0.1, 0.15) is 20.8 Å². The SMILES string of the molecule is CN1C(=O)COc2cc(N3CC(CNC(=O)OC(C)(C)C)OC3=O)ccc21. The molecule has 0 saturated carbocycles. The van der Waals surface area contributed by atoms with Crippen LogP contribution in [0.5, 0.6) is 5.75 Å². The monoisotopic (exact) mass is 377 g/mol. The van der Waals surface area contributed by atoms with E-state index in [1.807, 2.05) is 0 Å². The van der Waals surface area contributed by atoms with Crippen molar-refractivity contribution in [2.24, 2.45) is 0 Å². The van der Waals surface area contributed by atoms with Crippen LogP contribution in [0.15, 0.2) is 18.2 Å². The van der Waals surface area contributed by atoms with Crippen LogP contribution in [0.3, 0.4) is 0 Å². The van der Waals surface area contributed by atoms with E-state index in [1.54, 1.807) is 46.0 Å². The van der Waals surface area contributed by atoms with E-state index in [1.165, 1.54) is 9.80 Å². The molecular weight excluding hydrogens is 354 g/mol. The summed E-state index contributed by atoms with van der Waals surface area (Å²) in [5, 5.41) is 2.60. The topological polar surface area (TPSA) is 97.4 Å². The molecule has 1 unspecified atom stereocenters. The molecule has 9 heteroatoms. The molecular formula is C18H23N3O6. The van der Waals surface area contributed by atoms with Gasteiger partial charge in [-0.2, -0.15) is 0 Å². The number of amides is 3. The quantitative estimate of drug-likeness (QED) is 0.864. The van der Waals surface area contributed by atoms with Crippen LogP contribution in [0, 0.1) is 0 Å². The van der Waals surface area contributed by atoms with Gasteiger partial charge in [-0.05, 0) is 32.9 Å². The maximum atomic E-state index is 12.2. The Morgan fingerprint density at radius 2 is 2.07 bits per heavy atom. The minimum absolute atomic E-state index is 0.0418. The molecule has 1 atom stereocenters. The van der Waals surface area contributed by atoms with E-state index in [4.69, 9.17) is 14.2 Å². The fourth-order valence-electron chi connectivity index (χ4n) is 2.78. The third kappa shape index (κ3) is 4.24. The lowest BCUT2D eigenvalue weighted by molar-refractivity contribution is -0.120. The standard InChI is InChI=1S/C18H23N3O6/c1-18(2,3)27-16(23)19-8-12-9-21(17(24)26-12)11-5-6-13-14(7-11)25-10-15(22)20(13)4/h5-7,12H,8-10H2,1-4H3,(H,19,23). The number of fused-ring (bicyclic) bond motifs is 1. The molecule has 1 saturated heterocycles. The number of likely N-dealkylation sites (N-methyl/N-ethyl adjacent to an activating group) is 1. The van der Waals surface area contributed by atoms with Crippen LogP contribution >= 0.6 is 0 Å². The lowest BCUT2D eigenvalue weighted by Crippen LogP contribution is -2.38. The second-order valence-electron chi connectivity index (χ2n) is 7.39. The zero-order valence-electron chi connectivity index (χ0n) is 15.8. The van der Waals surface area contributed by atoms with Gasteiger partial charge in [0.25, 0.3) is 5.91 Å². The first kappa shape index (κ1) is 18.8. The zero-order chi connectivity index (χ0) is 19.8. The summed E-state index contributed by atoms with van der Waals surface area (Å²) in [4.78, 5) is 38.6. The van der Waals surface area contributed by atoms with Crippen molar-refractivity contribution in [2.75, 3.05) is 36.5 Å². The third-order valence-electron chi connectivity index (χ3n) is 4.09. The van der Waals surface area contributed by atoms with E-state index < -0.39 is 23.9 Å². The summed E-state index contributed by atoms with van der Waals surface area (Å²) in [5.74, 6) is 0.391. The van der Waals surface area contributed by atoms with E-state index in [0.29, 0.717) is 17.1 Å². The predicted molar refractivity (Wildman–Crippen MR) is 97.2 cm³/mol. The molecule has 9 nitrogen and oxygen atoms in total. The Bertz CT molecular complexity index is 773. The van der Waals surface area contributed by atoms with E-state index in [2.05, 4.69) is 5.32 Å². The first-order valence-electron chi connectivity index (χ1n) is 8.62. The first-order valence-corrected chi connectivity index (χ1v) is 8.62. The Morgan fingerprint density at radius 1 is 1.33 bits per heavy atom. The molecule has 0 aliphatic carbocycles. The van der Waals surface area contributed by atoms with Crippen LogP contribution < -0.4 is 19.9 Å². The highest BCUT2D eigenvalue weighted by Crippen LogP contribution is 2.35. The second kappa shape index (κ2) is 6.98. The summed E-state index contributed by atoms with van der Waals surface area (Å²) in [5.41, 5.74) is 0.645. The Labute approximate surface area is 157 Å². The van der Waals surface area contributed by atoms with Crippen molar-refractivity contribution in [2.45, 2.75) is 32.5 Å². The van der Waals surface area contributed by atoms with Gasteiger partial charge in [0.15, 0.2) is 6.61 Å². The number of alkyl carbamates (subject to hydrolysis) is 1. The molecule has 2 aliphatic heterocycles. The summed E-state index contributed by atoms with van der Waals surface area (Å²) in [7, 11) is 1.67. The predicted octanol–water partition coefficient (Wildman–Crippen LogP) is 1.89. The number of cyclic esters (lactones) is 1. The van der Waals surface area contributed by atoms with Gasteiger partial charge < -0.3 is 24.4 Å². The normalized spacial score (nSPS) is 19.3. The Hall–Kier alpha value is -2.97. The van der Waals surface area contributed by atoms with Crippen molar-refractivity contribution < 1.29 is 28.6 Å². The minimum atomic E-state index is -0.597. The van der Waals surface area contributed by atoms with Gasteiger partial charge in [-0.3, -0.25) is 9.69 Å². The van der Waals surface area contributed by atoms with Gasteiger partial charge in [-0.1, -0.05) is 0 Å². The van der Waals surface area contributed by atoms with Crippen LogP contribution in [0.4, 0.5) is 21.0 Å². The van der Waals surface area contributed by atoms with Gasteiger partial charge in [0.2, 0.25) is 0 Å². The highest BCUT2D eigenvalue weighted by molar-refractivity contribution is 5.98. The molecule has 0 aromatic heterocycles. The molecule has 0 spiro atoms.